The molecule has 0 fully saturated rings. The summed E-state index contributed by atoms with van der Waals surface area (Å²) in [6, 6.07) is 14.4. The normalized spacial score (nSPS) is 9.14. The molecule has 2 aromatic carbocycles. The Morgan fingerprint density at radius 1 is 0.862 bits per heavy atom. The fourth-order valence-corrected chi connectivity index (χ4v) is 2.49. The first-order chi connectivity index (χ1) is 13.7. The van der Waals surface area contributed by atoms with Gasteiger partial charge >= 0.3 is 11.9 Å². The lowest BCUT2D eigenvalue weighted by molar-refractivity contribution is -0.142. The second kappa shape index (κ2) is 17.3. The fourth-order valence-electron chi connectivity index (χ4n) is 1.56. The molecule has 0 radical (unpaired) electrons. The van der Waals surface area contributed by atoms with Gasteiger partial charge in [0, 0.05) is 28.1 Å². The smallest absolute Gasteiger partial charge is 0.302 e. The molecular formula is C20H23Br3O6. The van der Waals surface area contributed by atoms with E-state index < -0.39 is 0 Å². The highest BCUT2D eigenvalue weighted by Crippen LogP contribution is 2.17. The average molecular weight is 599 g/mol. The number of esters is 2. The van der Waals surface area contributed by atoms with E-state index in [4.69, 9.17) is 14.6 Å². The number of carbonyl (C=O) groups excluding carboxylic acids is 2. The molecular weight excluding hydrogens is 576 g/mol. The Bertz CT molecular complexity index is 722. The molecule has 29 heavy (non-hydrogen) atoms. The Kier molecular flexibility index (Phi) is 16.4. The van der Waals surface area contributed by atoms with Crippen molar-refractivity contribution in [2.75, 3.05) is 25.2 Å². The second-order valence-corrected chi connectivity index (χ2v) is 7.78. The van der Waals surface area contributed by atoms with Crippen LogP contribution in [0.4, 0.5) is 0 Å². The van der Waals surface area contributed by atoms with Gasteiger partial charge in [-0.15, -0.1) is 0 Å². The third-order valence-corrected chi connectivity index (χ3v) is 3.95. The molecule has 0 aliphatic carbocycles. The molecule has 160 valence electrons. The van der Waals surface area contributed by atoms with E-state index in [1.165, 1.54) is 13.8 Å². The first kappa shape index (κ1) is 27.4. The van der Waals surface area contributed by atoms with Gasteiger partial charge in [-0.2, -0.15) is 0 Å². The van der Waals surface area contributed by atoms with Crippen LogP contribution in [-0.4, -0.2) is 42.2 Å². The number of ether oxygens (including phenoxy) is 3. The molecule has 0 aliphatic heterocycles. The molecule has 9 heteroatoms. The molecule has 0 bridgehead atoms. The van der Waals surface area contributed by atoms with Gasteiger partial charge in [0.25, 0.3) is 0 Å². The van der Waals surface area contributed by atoms with Crippen molar-refractivity contribution in [3.8, 4) is 11.5 Å². The zero-order valence-electron chi connectivity index (χ0n) is 16.1. The standard InChI is InChI=1S/C10H11BrO3.C6H5BrO.C4H7BrO2/c1-8(12)13-5-6-14-10-4-2-3-9(11)7-10;7-5-2-1-3-6(8)4-5;1-4(6)7-3-2-5/h2-4,7H,5-6H2,1H3;1-4,8H;2-3H2,1H3. The summed E-state index contributed by atoms with van der Waals surface area (Å²) in [6.45, 7) is 3.88. The van der Waals surface area contributed by atoms with E-state index in [1.54, 1.807) is 18.2 Å². The van der Waals surface area contributed by atoms with E-state index in [1.807, 2.05) is 30.3 Å². The summed E-state index contributed by atoms with van der Waals surface area (Å²) in [4.78, 5) is 20.4. The minimum atomic E-state index is -0.289. The van der Waals surface area contributed by atoms with Crippen LogP contribution in [0.25, 0.3) is 0 Å². The van der Waals surface area contributed by atoms with Crippen molar-refractivity contribution < 1.29 is 28.9 Å². The van der Waals surface area contributed by atoms with E-state index in [0.29, 0.717) is 24.3 Å². The number of phenols is 1. The van der Waals surface area contributed by atoms with Crippen LogP contribution in [0.15, 0.2) is 57.5 Å². The summed E-state index contributed by atoms with van der Waals surface area (Å²) in [6.07, 6.45) is 0. The van der Waals surface area contributed by atoms with Gasteiger partial charge in [-0.1, -0.05) is 59.9 Å². The van der Waals surface area contributed by atoms with Gasteiger partial charge in [0.2, 0.25) is 0 Å². The molecule has 1 N–H and O–H groups in total. The van der Waals surface area contributed by atoms with Gasteiger partial charge < -0.3 is 19.3 Å². The summed E-state index contributed by atoms with van der Waals surface area (Å²) in [5, 5.41) is 9.50. The van der Waals surface area contributed by atoms with Crippen LogP contribution in [-0.2, 0) is 19.1 Å². The predicted molar refractivity (Wildman–Crippen MR) is 123 cm³/mol. The largest absolute Gasteiger partial charge is 0.508 e. The Hall–Kier alpha value is -1.58. The van der Waals surface area contributed by atoms with Crippen molar-refractivity contribution >= 4 is 59.7 Å². The number of alkyl halides is 1. The topological polar surface area (TPSA) is 82.1 Å². The maximum absolute atomic E-state index is 10.4. The zero-order chi connectivity index (χ0) is 22.1. The van der Waals surface area contributed by atoms with Crippen molar-refractivity contribution in [3.05, 3.63) is 57.5 Å². The van der Waals surface area contributed by atoms with Crippen molar-refractivity contribution in [2.45, 2.75) is 13.8 Å². The van der Waals surface area contributed by atoms with Crippen molar-refractivity contribution in [1.82, 2.24) is 0 Å². The quantitative estimate of drug-likeness (QED) is 0.269. The number of phenolic OH excluding ortho intramolecular Hbond substituents is 1. The molecule has 2 rings (SSSR count). The molecule has 0 saturated carbocycles. The Balaban J connectivity index is 0.000000444. The molecule has 0 amide bonds. The SMILES string of the molecule is CC(=O)OCCBr.CC(=O)OCCOc1cccc(Br)c1.Oc1cccc(Br)c1. The van der Waals surface area contributed by atoms with E-state index in [9.17, 15) is 9.59 Å². The first-order valence-corrected chi connectivity index (χ1v) is 11.1. The van der Waals surface area contributed by atoms with Crippen LogP contribution < -0.4 is 4.74 Å². The monoisotopic (exact) mass is 596 g/mol. The van der Waals surface area contributed by atoms with Gasteiger partial charge in [0.15, 0.2) is 0 Å². The third kappa shape index (κ3) is 18.2. The molecule has 0 atom stereocenters. The molecule has 0 saturated heterocycles. The number of carbonyl (C=O) groups is 2. The number of benzene rings is 2. The molecule has 6 nitrogen and oxygen atoms in total. The lowest BCUT2D eigenvalue weighted by Gasteiger charge is -2.05. The Labute approximate surface area is 195 Å². The van der Waals surface area contributed by atoms with Crippen LogP contribution in [0.1, 0.15) is 13.8 Å². The number of halogens is 3. The Morgan fingerprint density at radius 3 is 1.83 bits per heavy atom. The maximum Gasteiger partial charge on any atom is 0.302 e. The number of aromatic hydroxyl groups is 1. The van der Waals surface area contributed by atoms with Gasteiger partial charge in [-0.05, 0) is 36.4 Å². The maximum atomic E-state index is 10.4. The van der Waals surface area contributed by atoms with Crippen molar-refractivity contribution in [3.63, 3.8) is 0 Å². The lowest BCUT2D eigenvalue weighted by Crippen LogP contribution is -2.09. The number of rotatable bonds is 6. The molecule has 2 aromatic rings. The molecule has 0 unspecified atom stereocenters. The average Bonchev–Trinajstić information content (AvgIpc) is 2.64. The van der Waals surface area contributed by atoms with Crippen LogP contribution >= 0.6 is 47.8 Å². The van der Waals surface area contributed by atoms with Crippen LogP contribution in [0, 0.1) is 0 Å². The van der Waals surface area contributed by atoms with E-state index >= 15 is 0 Å². The Morgan fingerprint density at radius 2 is 1.41 bits per heavy atom. The van der Waals surface area contributed by atoms with Crippen molar-refractivity contribution in [1.29, 1.82) is 0 Å². The lowest BCUT2D eigenvalue weighted by atomic mass is 10.3. The third-order valence-electron chi connectivity index (χ3n) is 2.64. The highest BCUT2D eigenvalue weighted by atomic mass is 79.9. The number of hydrogen-bond donors (Lipinski definition) is 1. The highest BCUT2D eigenvalue weighted by Gasteiger charge is 1.96. The van der Waals surface area contributed by atoms with Crippen LogP contribution in [0.2, 0.25) is 0 Å². The summed E-state index contributed by atoms with van der Waals surface area (Å²) >= 11 is 9.63. The first-order valence-electron chi connectivity index (χ1n) is 8.40. The minimum Gasteiger partial charge on any atom is -0.508 e. The second-order valence-electron chi connectivity index (χ2n) is 5.15. The van der Waals surface area contributed by atoms with E-state index in [-0.39, 0.29) is 18.5 Å². The van der Waals surface area contributed by atoms with E-state index in [0.717, 1.165) is 14.7 Å². The van der Waals surface area contributed by atoms with Gasteiger partial charge in [0.1, 0.15) is 31.3 Å². The summed E-state index contributed by atoms with van der Waals surface area (Å²) in [7, 11) is 0. The summed E-state index contributed by atoms with van der Waals surface area (Å²) in [5.74, 6) is 0.535. The van der Waals surface area contributed by atoms with Gasteiger partial charge in [-0.25, -0.2) is 0 Å². The fraction of sp³-hybridized carbons (Fsp3) is 0.300. The van der Waals surface area contributed by atoms with Gasteiger partial charge in [0.05, 0.1) is 0 Å². The molecule has 0 aliphatic rings. The van der Waals surface area contributed by atoms with Crippen LogP contribution in [0.5, 0.6) is 11.5 Å². The number of hydrogen-bond acceptors (Lipinski definition) is 6. The van der Waals surface area contributed by atoms with E-state index in [2.05, 4.69) is 52.5 Å². The molecule has 0 aromatic heterocycles. The highest BCUT2D eigenvalue weighted by molar-refractivity contribution is 9.10. The molecule has 0 heterocycles. The van der Waals surface area contributed by atoms with Crippen LogP contribution in [0.3, 0.4) is 0 Å². The molecule has 0 spiro atoms. The summed E-state index contributed by atoms with van der Waals surface area (Å²) in [5.41, 5.74) is 0. The van der Waals surface area contributed by atoms with Crippen molar-refractivity contribution in [2.24, 2.45) is 0 Å². The minimum absolute atomic E-state index is 0.223. The predicted octanol–water partition coefficient (Wildman–Crippen LogP) is 5.49. The zero-order valence-corrected chi connectivity index (χ0v) is 20.8. The summed E-state index contributed by atoms with van der Waals surface area (Å²) < 4.78 is 16.4. The van der Waals surface area contributed by atoms with Gasteiger partial charge in [-0.3, -0.25) is 9.59 Å².